The van der Waals surface area contributed by atoms with Crippen molar-refractivity contribution in [1.29, 1.82) is 0 Å². The van der Waals surface area contributed by atoms with Crippen LogP contribution in [0.1, 0.15) is 44.6 Å². The lowest BCUT2D eigenvalue weighted by Crippen LogP contribution is -2.31. The Balaban J connectivity index is 0.00000220. The first-order valence-electron chi connectivity index (χ1n) is 7.77. The van der Waals surface area contributed by atoms with Gasteiger partial charge in [0.1, 0.15) is 0 Å². The minimum absolute atomic E-state index is 0. The summed E-state index contributed by atoms with van der Waals surface area (Å²) in [5.74, 6) is 1.12. The Bertz CT molecular complexity index is 427. The van der Waals surface area contributed by atoms with Crippen LogP contribution in [0, 0.1) is 11.8 Å². The number of halogens is 1. The van der Waals surface area contributed by atoms with E-state index in [0.29, 0.717) is 6.54 Å². The molecule has 1 aromatic rings. The van der Waals surface area contributed by atoms with Gasteiger partial charge < -0.3 is 11.1 Å². The number of benzene rings is 1. The largest absolute Gasteiger partial charge is 0.399 e. The van der Waals surface area contributed by atoms with Crippen LogP contribution >= 0.6 is 12.4 Å². The second-order valence-electron chi connectivity index (χ2n) is 6.07. The van der Waals surface area contributed by atoms with Crippen molar-refractivity contribution >= 4 is 24.0 Å². The average molecular weight is 311 g/mol. The fraction of sp³-hybridized carbons (Fsp3) is 0.588. The standard InChI is InChI=1S/C17H26N2O.ClH/c1-13(12-15-4-2-3-5-15)17(20)19-11-10-14-6-8-16(18)9-7-14;/h6-9,13,15H,2-5,10-12,18H2,1H3,(H,19,20);1H. The molecule has 118 valence electrons. The molecule has 0 heterocycles. The van der Waals surface area contributed by atoms with Gasteiger partial charge in [-0.15, -0.1) is 12.4 Å². The Morgan fingerprint density at radius 1 is 1.29 bits per heavy atom. The number of rotatable bonds is 6. The van der Waals surface area contributed by atoms with Crippen molar-refractivity contribution in [1.82, 2.24) is 5.32 Å². The monoisotopic (exact) mass is 310 g/mol. The Kier molecular flexibility index (Phi) is 7.58. The Morgan fingerprint density at radius 3 is 2.52 bits per heavy atom. The molecule has 0 bridgehead atoms. The lowest BCUT2D eigenvalue weighted by Gasteiger charge is -2.16. The number of hydrogen-bond acceptors (Lipinski definition) is 2. The summed E-state index contributed by atoms with van der Waals surface area (Å²) in [5, 5.41) is 3.05. The predicted octanol–water partition coefficient (Wildman–Crippen LogP) is 3.57. The van der Waals surface area contributed by atoms with Crippen LogP contribution in [-0.4, -0.2) is 12.5 Å². The first kappa shape index (κ1) is 17.8. The first-order chi connectivity index (χ1) is 9.65. The zero-order valence-electron chi connectivity index (χ0n) is 12.8. The summed E-state index contributed by atoms with van der Waals surface area (Å²) >= 11 is 0. The van der Waals surface area contributed by atoms with Gasteiger partial charge in [-0.25, -0.2) is 0 Å². The maximum absolute atomic E-state index is 12.0. The number of carbonyl (C=O) groups is 1. The van der Waals surface area contributed by atoms with Crippen LogP contribution in [0.25, 0.3) is 0 Å². The number of nitrogen functional groups attached to an aromatic ring is 1. The van der Waals surface area contributed by atoms with E-state index in [9.17, 15) is 4.79 Å². The number of hydrogen-bond donors (Lipinski definition) is 2. The summed E-state index contributed by atoms with van der Waals surface area (Å²) in [6.45, 7) is 2.76. The number of carbonyl (C=O) groups excluding carboxylic acids is 1. The molecule has 1 fully saturated rings. The highest BCUT2D eigenvalue weighted by atomic mass is 35.5. The van der Waals surface area contributed by atoms with E-state index >= 15 is 0 Å². The third-order valence-corrected chi connectivity index (χ3v) is 4.30. The quantitative estimate of drug-likeness (QED) is 0.789. The van der Waals surface area contributed by atoms with Gasteiger partial charge in [-0.3, -0.25) is 4.79 Å². The highest BCUT2D eigenvalue weighted by molar-refractivity contribution is 5.85. The maximum Gasteiger partial charge on any atom is 0.222 e. The molecule has 0 aliphatic heterocycles. The lowest BCUT2D eigenvalue weighted by atomic mass is 9.94. The number of nitrogens with two attached hydrogens (primary N) is 1. The molecule has 0 radical (unpaired) electrons. The van der Waals surface area contributed by atoms with Crippen LogP contribution in [0.15, 0.2) is 24.3 Å². The molecule has 21 heavy (non-hydrogen) atoms. The van der Waals surface area contributed by atoms with Crippen molar-refractivity contribution in [2.45, 2.75) is 45.4 Å². The third kappa shape index (κ3) is 5.96. The van der Waals surface area contributed by atoms with Crippen LogP contribution in [-0.2, 0) is 11.2 Å². The van der Waals surface area contributed by atoms with E-state index in [-0.39, 0.29) is 24.2 Å². The van der Waals surface area contributed by atoms with Crippen LogP contribution < -0.4 is 11.1 Å². The molecule has 1 aromatic carbocycles. The zero-order chi connectivity index (χ0) is 14.4. The van der Waals surface area contributed by atoms with Crippen LogP contribution in [0.3, 0.4) is 0 Å². The molecule has 1 saturated carbocycles. The molecule has 0 aromatic heterocycles. The average Bonchev–Trinajstić information content (AvgIpc) is 2.93. The van der Waals surface area contributed by atoms with E-state index < -0.39 is 0 Å². The molecule has 1 aliphatic carbocycles. The summed E-state index contributed by atoms with van der Waals surface area (Å²) in [6, 6.07) is 7.84. The molecule has 1 aliphatic rings. The smallest absolute Gasteiger partial charge is 0.222 e. The number of amides is 1. The topological polar surface area (TPSA) is 55.1 Å². The molecule has 0 saturated heterocycles. The first-order valence-corrected chi connectivity index (χ1v) is 7.77. The predicted molar refractivity (Wildman–Crippen MR) is 90.6 cm³/mol. The molecule has 1 unspecified atom stereocenters. The second kappa shape index (κ2) is 8.93. The van der Waals surface area contributed by atoms with Crippen LogP contribution in [0.5, 0.6) is 0 Å². The van der Waals surface area contributed by atoms with Gasteiger partial charge in [-0.2, -0.15) is 0 Å². The molecule has 0 spiro atoms. The van der Waals surface area contributed by atoms with Crippen molar-refractivity contribution in [2.24, 2.45) is 11.8 Å². The maximum atomic E-state index is 12.0. The van der Waals surface area contributed by atoms with Gasteiger partial charge in [0.05, 0.1) is 0 Å². The molecule has 2 rings (SSSR count). The summed E-state index contributed by atoms with van der Waals surface area (Å²) < 4.78 is 0. The van der Waals surface area contributed by atoms with E-state index in [1.165, 1.54) is 31.2 Å². The van der Waals surface area contributed by atoms with E-state index in [0.717, 1.165) is 24.4 Å². The van der Waals surface area contributed by atoms with Crippen molar-refractivity contribution in [2.75, 3.05) is 12.3 Å². The second-order valence-corrected chi connectivity index (χ2v) is 6.07. The van der Waals surface area contributed by atoms with Crippen molar-refractivity contribution in [3.05, 3.63) is 29.8 Å². The molecule has 1 atom stereocenters. The Morgan fingerprint density at radius 2 is 1.90 bits per heavy atom. The Labute approximate surface area is 134 Å². The normalized spacial score (nSPS) is 16.2. The van der Waals surface area contributed by atoms with Crippen molar-refractivity contribution < 1.29 is 4.79 Å². The van der Waals surface area contributed by atoms with Gasteiger partial charge in [0.15, 0.2) is 0 Å². The minimum Gasteiger partial charge on any atom is -0.399 e. The van der Waals surface area contributed by atoms with Gasteiger partial charge in [0, 0.05) is 18.2 Å². The van der Waals surface area contributed by atoms with E-state index in [2.05, 4.69) is 12.2 Å². The summed E-state index contributed by atoms with van der Waals surface area (Å²) in [4.78, 5) is 12.0. The van der Waals surface area contributed by atoms with Crippen LogP contribution in [0.2, 0.25) is 0 Å². The van der Waals surface area contributed by atoms with Gasteiger partial charge >= 0.3 is 0 Å². The van der Waals surface area contributed by atoms with Gasteiger partial charge in [-0.1, -0.05) is 44.7 Å². The summed E-state index contributed by atoms with van der Waals surface area (Å²) in [5.41, 5.74) is 7.64. The minimum atomic E-state index is 0. The SMILES string of the molecule is CC(CC1CCCC1)C(=O)NCCc1ccc(N)cc1.Cl. The Hall–Kier alpha value is -1.22. The molecule has 3 nitrogen and oxygen atoms in total. The molecule has 4 heteroatoms. The lowest BCUT2D eigenvalue weighted by molar-refractivity contribution is -0.124. The fourth-order valence-electron chi connectivity index (χ4n) is 3.04. The summed E-state index contributed by atoms with van der Waals surface area (Å²) in [7, 11) is 0. The van der Waals surface area contributed by atoms with Crippen molar-refractivity contribution in [3.8, 4) is 0 Å². The highest BCUT2D eigenvalue weighted by Gasteiger charge is 2.21. The van der Waals surface area contributed by atoms with Crippen LogP contribution in [0.4, 0.5) is 5.69 Å². The van der Waals surface area contributed by atoms with Gasteiger partial charge in [-0.05, 0) is 36.5 Å². The third-order valence-electron chi connectivity index (χ3n) is 4.30. The fourth-order valence-corrected chi connectivity index (χ4v) is 3.04. The van der Waals surface area contributed by atoms with Crippen molar-refractivity contribution in [3.63, 3.8) is 0 Å². The van der Waals surface area contributed by atoms with E-state index in [1.807, 2.05) is 24.3 Å². The zero-order valence-corrected chi connectivity index (χ0v) is 13.6. The van der Waals surface area contributed by atoms with Gasteiger partial charge in [0.2, 0.25) is 5.91 Å². The number of nitrogens with one attached hydrogen (secondary N) is 1. The molecular formula is C17H27ClN2O. The van der Waals surface area contributed by atoms with E-state index in [4.69, 9.17) is 5.73 Å². The molecule has 3 N–H and O–H groups in total. The van der Waals surface area contributed by atoms with E-state index in [1.54, 1.807) is 0 Å². The molecule has 1 amide bonds. The molecular weight excluding hydrogens is 284 g/mol. The summed E-state index contributed by atoms with van der Waals surface area (Å²) in [6.07, 6.45) is 7.22. The van der Waals surface area contributed by atoms with Gasteiger partial charge in [0.25, 0.3) is 0 Å². The highest BCUT2D eigenvalue weighted by Crippen LogP contribution is 2.30. The number of anilines is 1.